The molecule has 5 aliphatic carbocycles. The van der Waals surface area contributed by atoms with Crippen LogP contribution in [-0.4, -0.2) is 110 Å². The molecule has 0 aromatic heterocycles. The van der Waals surface area contributed by atoms with Crippen LogP contribution in [0.25, 0.3) is 0 Å². The first kappa shape index (κ1) is 35.5. The number of esters is 1. The van der Waals surface area contributed by atoms with Gasteiger partial charge >= 0.3 is 5.97 Å². The van der Waals surface area contributed by atoms with E-state index >= 15 is 0 Å². The van der Waals surface area contributed by atoms with E-state index in [0.717, 1.165) is 32.1 Å². The van der Waals surface area contributed by atoms with Crippen molar-refractivity contribution < 1.29 is 54.4 Å². The molecule has 11 nitrogen and oxygen atoms in total. The van der Waals surface area contributed by atoms with E-state index in [2.05, 4.69) is 20.8 Å². The van der Waals surface area contributed by atoms with Gasteiger partial charge in [0.15, 0.2) is 6.29 Å². The molecular formula is C37H60O11. The maximum Gasteiger partial charge on any atom is 0.302 e. The summed E-state index contributed by atoms with van der Waals surface area (Å²) in [6.07, 6.45) is -0.0227. The Hall–Kier alpha value is -0.890. The summed E-state index contributed by atoms with van der Waals surface area (Å²) in [6, 6.07) is 0. The van der Waals surface area contributed by atoms with E-state index < -0.39 is 70.9 Å². The summed E-state index contributed by atoms with van der Waals surface area (Å²) >= 11 is 0. The lowest BCUT2D eigenvalue weighted by molar-refractivity contribution is -0.304. The molecular weight excluding hydrogens is 620 g/mol. The highest BCUT2D eigenvalue weighted by atomic mass is 16.7. The van der Waals surface area contributed by atoms with Crippen LogP contribution in [0.2, 0.25) is 0 Å². The minimum atomic E-state index is -1.34. The molecule has 11 heteroatoms. The highest BCUT2D eigenvalue weighted by molar-refractivity contribution is 5.66. The van der Waals surface area contributed by atoms with Crippen LogP contribution in [-0.2, 0) is 23.7 Å². The fraction of sp³-hybridized carbons (Fsp3) is 0.973. The van der Waals surface area contributed by atoms with Gasteiger partial charge in [0, 0.05) is 18.3 Å². The van der Waals surface area contributed by atoms with Gasteiger partial charge in [0.1, 0.15) is 24.4 Å². The fourth-order valence-electron chi connectivity index (χ4n) is 13.8. The Labute approximate surface area is 284 Å². The third-order valence-electron chi connectivity index (χ3n) is 15.8. The number of fused-ring (bicyclic) bond motifs is 2. The average molecular weight is 681 g/mol. The zero-order valence-electron chi connectivity index (χ0n) is 29.9. The topological polar surface area (TPSA) is 175 Å². The molecule has 16 atom stereocenters. The third kappa shape index (κ3) is 4.54. The Morgan fingerprint density at radius 2 is 1.60 bits per heavy atom. The first-order valence-corrected chi connectivity index (χ1v) is 18.4. The van der Waals surface area contributed by atoms with Crippen LogP contribution >= 0.6 is 0 Å². The highest BCUT2D eigenvalue weighted by Gasteiger charge is 2.86. The SMILES string of the molecule is CC(=O)OC1CC2(C)C3CCC4C(C)(C)C(OC5OCC(O)C(O)C5O)CCC45CC35CC(O)C2(CO)C1C1(C)CCC(C(C)(C)O)O1. The molecule has 274 valence electrons. The van der Waals surface area contributed by atoms with Crippen molar-refractivity contribution in [3.8, 4) is 0 Å². The fourth-order valence-corrected chi connectivity index (χ4v) is 13.8. The minimum absolute atomic E-state index is 0.0125. The quantitative estimate of drug-likeness (QED) is 0.180. The average Bonchev–Trinajstić information content (AvgIpc) is 3.29. The Kier molecular flexibility index (Phi) is 8.18. The van der Waals surface area contributed by atoms with Gasteiger partial charge < -0.3 is 49.6 Å². The van der Waals surface area contributed by atoms with Crippen LogP contribution in [0.1, 0.15) is 106 Å². The summed E-state index contributed by atoms with van der Waals surface area (Å²) in [6.45, 7) is 13.3. The Balaban J connectivity index is 1.21. The van der Waals surface area contributed by atoms with Crippen LogP contribution in [0, 0.1) is 44.8 Å². The van der Waals surface area contributed by atoms with Gasteiger partial charge in [-0.1, -0.05) is 20.8 Å². The van der Waals surface area contributed by atoms with E-state index in [-0.39, 0.29) is 47.4 Å². The zero-order chi connectivity index (χ0) is 35.0. The molecule has 7 aliphatic rings. The molecule has 2 heterocycles. The van der Waals surface area contributed by atoms with E-state index in [0.29, 0.717) is 31.6 Å². The van der Waals surface area contributed by atoms with E-state index in [4.69, 9.17) is 18.9 Å². The summed E-state index contributed by atoms with van der Waals surface area (Å²) in [4.78, 5) is 12.6. The second-order valence-electron chi connectivity index (χ2n) is 18.7. The van der Waals surface area contributed by atoms with E-state index in [1.807, 2.05) is 6.92 Å². The van der Waals surface area contributed by atoms with Crippen LogP contribution in [0.4, 0.5) is 0 Å². The van der Waals surface area contributed by atoms with Crippen molar-refractivity contribution in [3.63, 3.8) is 0 Å². The number of ether oxygens (including phenoxy) is 4. The lowest BCUT2D eigenvalue weighted by Crippen LogP contribution is -2.66. The van der Waals surface area contributed by atoms with Crippen molar-refractivity contribution in [1.82, 2.24) is 0 Å². The molecule has 5 saturated carbocycles. The normalized spacial score (nSPS) is 55.6. The van der Waals surface area contributed by atoms with Crippen molar-refractivity contribution in [2.24, 2.45) is 44.8 Å². The molecule has 16 unspecified atom stereocenters. The van der Waals surface area contributed by atoms with Gasteiger partial charge in [0.05, 0.1) is 42.7 Å². The molecule has 6 N–H and O–H groups in total. The van der Waals surface area contributed by atoms with Crippen molar-refractivity contribution in [2.75, 3.05) is 13.2 Å². The molecule has 0 aromatic rings. The van der Waals surface area contributed by atoms with Crippen LogP contribution in [0.15, 0.2) is 0 Å². The van der Waals surface area contributed by atoms with E-state index in [1.54, 1.807) is 13.8 Å². The highest BCUT2D eigenvalue weighted by Crippen LogP contribution is 2.89. The van der Waals surface area contributed by atoms with Gasteiger partial charge in [-0.3, -0.25) is 4.79 Å². The molecule has 2 saturated heterocycles. The standard InChI is InChI=1S/C37H60O11/c1-19(39)46-21-14-33(6)23-9-8-22-31(2,3)25(47-30-28(43)27(42)20(40)16-45-30)11-13-35(22)17-36(23,35)15-24(41)37(33,18-38)29(21)34(7)12-10-26(48-34)32(4,5)44/h20-30,38,40-44H,8-18H2,1-7H3. The first-order valence-electron chi connectivity index (χ1n) is 18.4. The number of rotatable bonds is 6. The van der Waals surface area contributed by atoms with Gasteiger partial charge in [0.25, 0.3) is 0 Å². The smallest absolute Gasteiger partial charge is 0.302 e. The third-order valence-corrected chi connectivity index (χ3v) is 15.8. The number of aliphatic hydroxyl groups is 6. The van der Waals surface area contributed by atoms with Gasteiger partial charge in [-0.15, -0.1) is 0 Å². The molecule has 0 aromatic carbocycles. The maximum absolute atomic E-state index is 12.6. The van der Waals surface area contributed by atoms with Crippen molar-refractivity contribution in [3.05, 3.63) is 0 Å². The molecule has 0 amide bonds. The predicted molar refractivity (Wildman–Crippen MR) is 172 cm³/mol. The first-order chi connectivity index (χ1) is 22.2. The van der Waals surface area contributed by atoms with Crippen LogP contribution in [0.5, 0.6) is 0 Å². The zero-order valence-corrected chi connectivity index (χ0v) is 29.9. The Morgan fingerprint density at radius 1 is 0.917 bits per heavy atom. The summed E-state index contributed by atoms with van der Waals surface area (Å²) in [7, 11) is 0. The van der Waals surface area contributed by atoms with Crippen LogP contribution < -0.4 is 0 Å². The molecule has 0 radical (unpaired) electrons. The van der Waals surface area contributed by atoms with Crippen molar-refractivity contribution in [2.45, 2.75) is 166 Å². The van der Waals surface area contributed by atoms with E-state index in [1.165, 1.54) is 6.92 Å². The Bertz CT molecular complexity index is 1280. The van der Waals surface area contributed by atoms with Gasteiger partial charge in [-0.2, -0.15) is 0 Å². The maximum atomic E-state index is 12.6. The molecule has 0 bridgehead atoms. The molecule has 48 heavy (non-hydrogen) atoms. The van der Waals surface area contributed by atoms with Crippen LogP contribution in [0.3, 0.4) is 0 Å². The summed E-state index contributed by atoms with van der Waals surface area (Å²) in [5.41, 5.74) is -3.80. The van der Waals surface area contributed by atoms with Gasteiger partial charge in [-0.25, -0.2) is 0 Å². The number of carbonyl (C=O) groups excluding carboxylic acids is 1. The predicted octanol–water partition coefficient (Wildman–Crippen LogP) is 2.44. The summed E-state index contributed by atoms with van der Waals surface area (Å²) in [5, 5.41) is 65.9. The largest absolute Gasteiger partial charge is 0.462 e. The van der Waals surface area contributed by atoms with Crippen molar-refractivity contribution in [1.29, 1.82) is 0 Å². The minimum Gasteiger partial charge on any atom is -0.462 e. The second kappa shape index (κ2) is 11.1. The Morgan fingerprint density at radius 3 is 2.23 bits per heavy atom. The summed E-state index contributed by atoms with van der Waals surface area (Å²) < 4.78 is 24.9. The second-order valence-corrected chi connectivity index (χ2v) is 18.7. The molecule has 2 aliphatic heterocycles. The number of aliphatic hydroxyl groups excluding tert-OH is 5. The number of hydrogen-bond acceptors (Lipinski definition) is 11. The lowest BCUT2D eigenvalue weighted by atomic mass is 9.40. The van der Waals surface area contributed by atoms with Gasteiger partial charge in [0.2, 0.25) is 0 Å². The monoisotopic (exact) mass is 680 g/mol. The summed E-state index contributed by atoms with van der Waals surface area (Å²) in [5.74, 6) is -0.347. The number of carbonyl (C=O) groups is 1. The van der Waals surface area contributed by atoms with Crippen molar-refractivity contribution >= 4 is 5.97 Å². The lowest BCUT2D eigenvalue weighted by Gasteiger charge is -2.65. The molecule has 2 spiro atoms. The van der Waals surface area contributed by atoms with E-state index in [9.17, 15) is 35.4 Å². The van der Waals surface area contributed by atoms with Gasteiger partial charge in [-0.05, 0) is 112 Å². The molecule has 7 fully saturated rings. The molecule has 7 rings (SSSR count). The number of hydrogen-bond donors (Lipinski definition) is 6.